The highest BCUT2D eigenvalue weighted by Crippen LogP contribution is 2.28. The van der Waals surface area contributed by atoms with Gasteiger partial charge in [-0.2, -0.15) is 0 Å². The van der Waals surface area contributed by atoms with Crippen LogP contribution in [0.4, 0.5) is 5.69 Å². The Bertz CT molecular complexity index is 921. The van der Waals surface area contributed by atoms with Gasteiger partial charge in [0.05, 0.1) is 22.3 Å². The summed E-state index contributed by atoms with van der Waals surface area (Å²) in [4.78, 5) is 27.8. The second kappa shape index (κ2) is 10.8. The monoisotopic (exact) mass is 486 g/mol. The second-order valence-corrected chi connectivity index (χ2v) is 9.50. The highest BCUT2D eigenvalue weighted by molar-refractivity contribution is 9.10. The van der Waals surface area contributed by atoms with Crippen LogP contribution in [0.25, 0.3) is 0 Å². The van der Waals surface area contributed by atoms with Crippen LogP contribution >= 0.6 is 15.9 Å². The lowest BCUT2D eigenvalue weighted by atomic mass is 9.98. The lowest BCUT2D eigenvalue weighted by molar-refractivity contribution is 0.0698. The fourth-order valence-corrected chi connectivity index (χ4v) is 4.01. The predicted octanol–water partition coefficient (Wildman–Crippen LogP) is 6.00. The number of likely N-dealkylation sites (tertiary alicyclic amines) is 1. The Morgan fingerprint density at radius 3 is 2.55 bits per heavy atom. The third kappa shape index (κ3) is 6.33. The fraction of sp³-hybridized carbons (Fsp3) is 0.440. The minimum absolute atomic E-state index is 0.0297. The van der Waals surface area contributed by atoms with Crippen molar-refractivity contribution in [3.8, 4) is 5.75 Å². The summed E-state index contributed by atoms with van der Waals surface area (Å²) in [6.07, 6.45) is 3.00. The van der Waals surface area contributed by atoms with E-state index in [4.69, 9.17) is 4.74 Å². The number of hydrogen-bond donors (Lipinski definition) is 1. The van der Waals surface area contributed by atoms with E-state index in [2.05, 4.69) is 42.0 Å². The van der Waals surface area contributed by atoms with Gasteiger partial charge in [0.1, 0.15) is 5.75 Å². The van der Waals surface area contributed by atoms with E-state index in [0.717, 1.165) is 36.8 Å². The summed E-state index contributed by atoms with van der Waals surface area (Å²) in [5, 5.41) is 2.91. The molecule has 0 saturated carbocycles. The van der Waals surface area contributed by atoms with Gasteiger partial charge in [-0.1, -0.05) is 32.9 Å². The number of nitrogens with one attached hydrogen (secondary N) is 1. The molecule has 3 rings (SSSR count). The van der Waals surface area contributed by atoms with E-state index in [1.54, 1.807) is 30.3 Å². The Labute approximate surface area is 193 Å². The number of ether oxygens (including phenoxy) is 1. The van der Waals surface area contributed by atoms with Crippen LogP contribution in [-0.2, 0) is 0 Å². The number of benzene rings is 2. The molecule has 1 saturated heterocycles. The van der Waals surface area contributed by atoms with Gasteiger partial charge in [0, 0.05) is 18.7 Å². The first-order valence-corrected chi connectivity index (χ1v) is 11.8. The van der Waals surface area contributed by atoms with Crippen molar-refractivity contribution in [1.29, 1.82) is 0 Å². The lowest BCUT2D eigenvalue weighted by Gasteiger charge is -2.30. The molecule has 0 bridgehead atoms. The summed E-state index contributed by atoms with van der Waals surface area (Å²) in [6.45, 7) is 8.67. The van der Waals surface area contributed by atoms with Gasteiger partial charge in [-0.05, 0) is 77.4 Å². The minimum atomic E-state index is -0.262. The molecule has 1 aliphatic rings. The van der Waals surface area contributed by atoms with Crippen LogP contribution < -0.4 is 10.1 Å². The molecule has 0 aromatic heterocycles. The van der Waals surface area contributed by atoms with Crippen molar-refractivity contribution >= 4 is 33.4 Å². The first-order valence-electron chi connectivity index (χ1n) is 11.0. The molecule has 0 atom stereocenters. The van der Waals surface area contributed by atoms with Crippen LogP contribution in [-0.4, -0.2) is 36.4 Å². The molecule has 6 heteroatoms. The van der Waals surface area contributed by atoms with Crippen LogP contribution in [0.1, 0.15) is 60.7 Å². The maximum atomic E-state index is 13.0. The van der Waals surface area contributed by atoms with E-state index >= 15 is 0 Å². The standard InChI is InChI=1S/C25H31BrN2O3/c1-17(2)12-15-31-23-9-8-19(16-21(23)26)24(29)27-22-7-5-4-6-20(22)25(30)28-13-10-18(3)11-14-28/h4-9,16-18H,10-15H2,1-3H3,(H,27,29). The summed E-state index contributed by atoms with van der Waals surface area (Å²) in [7, 11) is 0. The number of halogens is 1. The van der Waals surface area contributed by atoms with Gasteiger partial charge in [0.15, 0.2) is 0 Å². The minimum Gasteiger partial charge on any atom is -0.492 e. The average molecular weight is 487 g/mol. The first-order chi connectivity index (χ1) is 14.8. The number of hydrogen-bond acceptors (Lipinski definition) is 3. The van der Waals surface area contributed by atoms with Crippen molar-refractivity contribution < 1.29 is 14.3 Å². The van der Waals surface area contributed by atoms with Crippen molar-refractivity contribution in [3.05, 3.63) is 58.1 Å². The van der Waals surface area contributed by atoms with Gasteiger partial charge in [-0.3, -0.25) is 9.59 Å². The number of rotatable bonds is 7. The maximum absolute atomic E-state index is 13.0. The summed E-state index contributed by atoms with van der Waals surface area (Å²) in [6, 6.07) is 12.5. The molecular weight excluding hydrogens is 456 g/mol. The summed E-state index contributed by atoms with van der Waals surface area (Å²) < 4.78 is 6.53. The van der Waals surface area contributed by atoms with E-state index in [1.807, 2.05) is 17.0 Å². The smallest absolute Gasteiger partial charge is 0.255 e. The first kappa shape index (κ1) is 23.3. The van der Waals surface area contributed by atoms with E-state index in [0.29, 0.717) is 41.0 Å². The van der Waals surface area contributed by atoms with E-state index in [1.165, 1.54) is 0 Å². The molecule has 2 aromatic carbocycles. The maximum Gasteiger partial charge on any atom is 0.255 e. The SMILES string of the molecule is CC(C)CCOc1ccc(C(=O)Nc2ccccc2C(=O)N2CCC(C)CC2)cc1Br. The average Bonchev–Trinajstić information content (AvgIpc) is 2.75. The molecule has 166 valence electrons. The molecule has 5 nitrogen and oxygen atoms in total. The van der Waals surface area contributed by atoms with Gasteiger partial charge in [-0.15, -0.1) is 0 Å². The molecule has 0 unspecified atom stereocenters. The van der Waals surface area contributed by atoms with Crippen molar-refractivity contribution in [2.75, 3.05) is 25.0 Å². The van der Waals surface area contributed by atoms with Crippen LogP contribution in [0, 0.1) is 11.8 Å². The molecule has 1 aliphatic heterocycles. The zero-order chi connectivity index (χ0) is 22.4. The molecule has 2 aromatic rings. The van der Waals surface area contributed by atoms with Crippen LogP contribution in [0.3, 0.4) is 0 Å². The second-order valence-electron chi connectivity index (χ2n) is 8.65. The third-order valence-electron chi connectivity index (χ3n) is 5.62. The van der Waals surface area contributed by atoms with Crippen LogP contribution in [0.2, 0.25) is 0 Å². The summed E-state index contributed by atoms with van der Waals surface area (Å²) in [5.74, 6) is 1.64. The lowest BCUT2D eigenvalue weighted by Crippen LogP contribution is -2.38. The topological polar surface area (TPSA) is 58.6 Å². The van der Waals surface area contributed by atoms with Gasteiger partial charge in [0.25, 0.3) is 11.8 Å². The van der Waals surface area contributed by atoms with Gasteiger partial charge >= 0.3 is 0 Å². The number of anilines is 1. The van der Waals surface area contributed by atoms with Gasteiger partial charge < -0.3 is 15.0 Å². The Balaban J connectivity index is 1.69. The van der Waals surface area contributed by atoms with Crippen LogP contribution in [0.5, 0.6) is 5.75 Å². The molecule has 1 heterocycles. The highest BCUT2D eigenvalue weighted by atomic mass is 79.9. The van der Waals surface area contributed by atoms with E-state index < -0.39 is 0 Å². The van der Waals surface area contributed by atoms with Crippen LogP contribution in [0.15, 0.2) is 46.9 Å². The predicted molar refractivity (Wildman–Crippen MR) is 128 cm³/mol. The van der Waals surface area contributed by atoms with Crippen molar-refractivity contribution in [1.82, 2.24) is 4.90 Å². The number of carbonyl (C=O) groups excluding carboxylic acids is 2. The molecule has 31 heavy (non-hydrogen) atoms. The molecule has 2 amide bonds. The van der Waals surface area contributed by atoms with Gasteiger partial charge in [-0.25, -0.2) is 0 Å². The number of nitrogens with zero attached hydrogens (tertiary/aromatic N) is 1. The van der Waals surface area contributed by atoms with Crippen molar-refractivity contribution in [2.45, 2.75) is 40.0 Å². The molecule has 0 spiro atoms. The molecule has 1 fully saturated rings. The van der Waals surface area contributed by atoms with E-state index in [9.17, 15) is 9.59 Å². The van der Waals surface area contributed by atoms with Crippen molar-refractivity contribution in [3.63, 3.8) is 0 Å². The number of para-hydroxylation sites is 1. The number of amides is 2. The Kier molecular flexibility index (Phi) is 8.13. The fourth-order valence-electron chi connectivity index (χ4n) is 3.52. The Morgan fingerprint density at radius 2 is 1.87 bits per heavy atom. The van der Waals surface area contributed by atoms with Gasteiger partial charge in [0.2, 0.25) is 0 Å². The Morgan fingerprint density at radius 1 is 1.16 bits per heavy atom. The molecule has 0 radical (unpaired) electrons. The normalized spacial score (nSPS) is 14.5. The molecule has 0 aliphatic carbocycles. The third-order valence-corrected chi connectivity index (χ3v) is 6.24. The number of piperidine rings is 1. The van der Waals surface area contributed by atoms with E-state index in [-0.39, 0.29) is 11.8 Å². The zero-order valence-electron chi connectivity index (χ0n) is 18.5. The largest absolute Gasteiger partial charge is 0.492 e. The Hall–Kier alpha value is -2.34. The molecular formula is C25H31BrN2O3. The molecule has 1 N–H and O–H groups in total. The zero-order valence-corrected chi connectivity index (χ0v) is 20.1. The highest BCUT2D eigenvalue weighted by Gasteiger charge is 2.23. The number of carbonyl (C=O) groups is 2. The quantitative estimate of drug-likeness (QED) is 0.521. The summed E-state index contributed by atoms with van der Waals surface area (Å²) in [5.41, 5.74) is 1.56. The van der Waals surface area contributed by atoms with Crippen molar-refractivity contribution in [2.24, 2.45) is 11.8 Å². The summed E-state index contributed by atoms with van der Waals surface area (Å²) >= 11 is 3.50.